The molecule has 0 radical (unpaired) electrons. The lowest BCUT2D eigenvalue weighted by Crippen LogP contribution is -2.33. The van der Waals surface area contributed by atoms with Crippen molar-refractivity contribution in [2.75, 3.05) is 18.4 Å². The van der Waals surface area contributed by atoms with E-state index < -0.39 is 0 Å². The summed E-state index contributed by atoms with van der Waals surface area (Å²) in [6.07, 6.45) is 2.63. The van der Waals surface area contributed by atoms with Crippen LogP contribution in [0.2, 0.25) is 0 Å². The average molecular weight is 448 g/mol. The molecule has 1 N–H and O–H groups in total. The van der Waals surface area contributed by atoms with Crippen LogP contribution in [0, 0.1) is 16.4 Å². The molecule has 0 bridgehead atoms. The Morgan fingerprint density at radius 3 is 2.68 bits per heavy atom. The van der Waals surface area contributed by atoms with Gasteiger partial charge in [-0.15, -0.1) is 0 Å². The smallest absolute Gasteiger partial charge is 0.255 e. The highest BCUT2D eigenvalue weighted by Gasteiger charge is 2.16. The van der Waals surface area contributed by atoms with Crippen LogP contribution in [0.25, 0.3) is 0 Å². The summed E-state index contributed by atoms with van der Waals surface area (Å²) in [5, 5.41) is 3.01. The van der Waals surface area contributed by atoms with Gasteiger partial charge >= 0.3 is 0 Å². The molecular formula is C21H25IN2O. The van der Waals surface area contributed by atoms with Crippen LogP contribution in [0.5, 0.6) is 0 Å². The first-order valence-corrected chi connectivity index (χ1v) is 9.98. The summed E-state index contributed by atoms with van der Waals surface area (Å²) in [6, 6.07) is 14.1. The summed E-state index contributed by atoms with van der Waals surface area (Å²) < 4.78 is 1.17. The lowest BCUT2D eigenvalue weighted by atomic mass is 9.99. The number of nitrogens with zero attached hydrogens (tertiary/aromatic N) is 1. The van der Waals surface area contributed by atoms with E-state index in [1.807, 2.05) is 31.2 Å². The van der Waals surface area contributed by atoms with Crippen molar-refractivity contribution >= 4 is 34.2 Å². The van der Waals surface area contributed by atoms with E-state index in [1.165, 1.54) is 35.1 Å². The number of hydrogen-bond acceptors (Lipinski definition) is 2. The van der Waals surface area contributed by atoms with Crippen LogP contribution in [-0.4, -0.2) is 23.9 Å². The molecule has 0 spiro atoms. The highest BCUT2D eigenvalue weighted by Crippen LogP contribution is 2.20. The largest absolute Gasteiger partial charge is 0.322 e. The van der Waals surface area contributed by atoms with Crippen molar-refractivity contribution in [3.05, 3.63) is 62.7 Å². The highest BCUT2D eigenvalue weighted by atomic mass is 127. The number of likely N-dealkylation sites (tertiary alicyclic amines) is 1. The molecule has 1 saturated heterocycles. The van der Waals surface area contributed by atoms with E-state index in [9.17, 15) is 4.79 Å². The van der Waals surface area contributed by atoms with E-state index in [4.69, 9.17) is 0 Å². The summed E-state index contributed by atoms with van der Waals surface area (Å²) in [6.45, 7) is 7.67. The lowest BCUT2D eigenvalue weighted by molar-refractivity contribution is 0.102. The molecule has 3 nitrogen and oxygen atoms in total. The maximum atomic E-state index is 12.5. The molecule has 1 fully saturated rings. The number of rotatable bonds is 4. The summed E-state index contributed by atoms with van der Waals surface area (Å²) in [7, 11) is 0. The summed E-state index contributed by atoms with van der Waals surface area (Å²) in [5.74, 6) is 0.735. The van der Waals surface area contributed by atoms with Crippen molar-refractivity contribution in [2.24, 2.45) is 5.92 Å². The normalized spacial score (nSPS) is 18.1. The van der Waals surface area contributed by atoms with Crippen LogP contribution in [0.4, 0.5) is 5.69 Å². The molecule has 0 unspecified atom stereocenters. The molecule has 3 rings (SSSR count). The van der Waals surface area contributed by atoms with Gasteiger partial charge in [-0.25, -0.2) is 0 Å². The Labute approximate surface area is 164 Å². The van der Waals surface area contributed by atoms with Gasteiger partial charge in [-0.2, -0.15) is 0 Å². The van der Waals surface area contributed by atoms with Gasteiger partial charge in [0.15, 0.2) is 0 Å². The fourth-order valence-corrected chi connectivity index (χ4v) is 4.06. The van der Waals surface area contributed by atoms with Gasteiger partial charge in [0.05, 0.1) is 0 Å². The number of carbonyl (C=O) groups excluding carboxylic acids is 1. The lowest BCUT2D eigenvalue weighted by Gasteiger charge is -2.30. The van der Waals surface area contributed by atoms with Gasteiger partial charge in [0.2, 0.25) is 0 Å². The monoisotopic (exact) mass is 448 g/mol. The van der Waals surface area contributed by atoms with E-state index in [0.29, 0.717) is 5.56 Å². The maximum absolute atomic E-state index is 12.5. The topological polar surface area (TPSA) is 32.3 Å². The quantitative estimate of drug-likeness (QED) is 0.662. The van der Waals surface area contributed by atoms with Crippen LogP contribution in [0.3, 0.4) is 0 Å². The Bertz CT molecular complexity index is 742. The summed E-state index contributed by atoms with van der Waals surface area (Å²) in [5.41, 5.74) is 3.93. The zero-order valence-electron chi connectivity index (χ0n) is 14.9. The van der Waals surface area contributed by atoms with Crippen molar-refractivity contribution in [1.82, 2.24) is 4.90 Å². The van der Waals surface area contributed by atoms with Gasteiger partial charge in [0.25, 0.3) is 5.91 Å². The second-order valence-electron chi connectivity index (χ2n) is 7.09. The average Bonchev–Trinajstić information content (AvgIpc) is 2.58. The first kappa shape index (κ1) is 18.4. The molecule has 1 heterocycles. The number of hydrogen-bond donors (Lipinski definition) is 1. The van der Waals surface area contributed by atoms with Gasteiger partial charge in [-0.1, -0.05) is 19.1 Å². The molecule has 1 aliphatic rings. The molecule has 0 saturated carbocycles. The van der Waals surface area contributed by atoms with Gasteiger partial charge in [0.1, 0.15) is 0 Å². The molecule has 4 heteroatoms. The SMILES string of the molecule is Cc1cc(I)ccc1NC(=O)c1ccc(CN2CCC[C@H](C)C2)cc1. The maximum Gasteiger partial charge on any atom is 0.255 e. The minimum absolute atomic E-state index is 0.0533. The minimum atomic E-state index is -0.0533. The molecule has 132 valence electrons. The number of piperidine rings is 1. The standard InChI is InChI=1S/C21H25IN2O/c1-15-4-3-11-24(13-15)14-17-5-7-18(8-6-17)21(25)23-20-10-9-19(22)12-16(20)2/h5-10,12,15H,3-4,11,13-14H2,1-2H3,(H,23,25)/t15-/m0/s1. The van der Waals surface area contributed by atoms with E-state index in [-0.39, 0.29) is 5.91 Å². The second kappa shape index (κ2) is 8.32. The van der Waals surface area contributed by atoms with Crippen molar-refractivity contribution in [2.45, 2.75) is 33.2 Å². The first-order chi connectivity index (χ1) is 12.0. The van der Waals surface area contributed by atoms with Crippen molar-refractivity contribution in [3.63, 3.8) is 0 Å². The predicted octanol–water partition coefficient (Wildman–Crippen LogP) is 5.08. The van der Waals surface area contributed by atoms with E-state index in [1.54, 1.807) is 0 Å². The van der Waals surface area contributed by atoms with E-state index in [2.05, 4.69) is 57.9 Å². The second-order valence-corrected chi connectivity index (χ2v) is 8.34. The number of benzene rings is 2. The third-order valence-corrected chi connectivity index (χ3v) is 5.47. The van der Waals surface area contributed by atoms with Crippen LogP contribution in [0.15, 0.2) is 42.5 Å². The van der Waals surface area contributed by atoms with Crippen LogP contribution in [0.1, 0.15) is 41.3 Å². The highest BCUT2D eigenvalue weighted by molar-refractivity contribution is 14.1. The Balaban J connectivity index is 1.62. The van der Waals surface area contributed by atoms with Gasteiger partial charge < -0.3 is 5.32 Å². The molecule has 25 heavy (non-hydrogen) atoms. The van der Waals surface area contributed by atoms with Crippen LogP contribution < -0.4 is 5.32 Å². The summed E-state index contributed by atoms with van der Waals surface area (Å²) in [4.78, 5) is 15.0. The molecular weight excluding hydrogens is 423 g/mol. The molecule has 1 atom stereocenters. The van der Waals surface area contributed by atoms with E-state index in [0.717, 1.165) is 23.7 Å². The van der Waals surface area contributed by atoms with Gasteiger partial charge in [-0.05, 0) is 96.3 Å². The molecule has 0 aliphatic carbocycles. The molecule has 1 aliphatic heterocycles. The Morgan fingerprint density at radius 1 is 1.24 bits per heavy atom. The van der Waals surface area contributed by atoms with Crippen molar-refractivity contribution in [3.8, 4) is 0 Å². The van der Waals surface area contributed by atoms with Gasteiger partial charge in [0, 0.05) is 27.9 Å². The Morgan fingerprint density at radius 2 is 2.00 bits per heavy atom. The third-order valence-electron chi connectivity index (χ3n) is 4.80. The molecule has 2 aromatic rings. The van der Waals surface area contributed by atoms with Crippen molar-refractivity contribution < 1.29 is 4.79 Å². The minimum Gasteiger partial charge on any atom is -0.322 e. The number of carbonyl (C=O) groups is 1. The Kier molecular flexibility index (Phi) is 6.12. The summed E-state index contributed by atoms with van der Waals surface area (Å²) >= 11 is 2.28. The number of anilines is 1. The third kappa shape index (κ3) is 5.05. The number of amides is 1. The van der Waals surface area contributed by atoms with Crippen molar-refractivity contribution in [1.29, 1.82) is 0 Å². The van der Waals surface area contributed by atoms with Crippen LogP contribution >= 0.6 is 22.6 Å². The zero-order valence-corrected chi connectivity index (χ0v) is 17.0. The fourth-order valence-electron chi connectivity index (χ4n) is 3.41. The number of halogens is 1. The molecule has 0 aromatic heterocycles. The molecule has 1 amide bonds. The zero-order chi connectivity index (χ0) is 17.8. The van der Waals surface area contributed by atoms with Crippen LogP contribution in [-0.2, 0) is 6.54 Å². The number of nitrogens with one attached hydrogen (secondary N) is 1. The fraction of sp³-hybridized carbons (Fsp3) is 0.381. The number of aryl methyl sites for hydroxylation is 1. The Hall–Kier alpha value is -1.40. The first-order valence-electron chi connectivity index (χ1n) is 8.90. The van der Waals surface area contributed by atoms with Gasteiger partial charge in [-0.3, -0.25) is 9.69 Å². The molecule has 2 aromatic carbocycles. The van der Waals surface area contributed by atoms with E-state index >= 15 is 0 Å². The predicted molar refractivity (Wildman–Crippen MR) is 112 cm³/mol.